The predicted molar refractivity (Wildman–Crippen MR) is 110 cm³/mol. The van der Waals surface area contributed by atoms with Crippen molar-refractivity contribution in [1.29, 1.82) is 0 Å². The number of rotatable bonds is 6. The van der Waals surface area contributed by atoms with Gasteiger partial charge in [-0.25, -0.2) is 8.42 Å². The number of thiophene rings is 1. The first-order valence-electron chi connectivity index (χ1n) is 8.45. The van der Waals surface area contributed by atoms with Gasteiger partial charge in [-0.2, -0.15) is 4.31 Å². The zero-order valence-electron chi connectivity index (χ0n) is 14.5. The maximum Gasteiger partial charge on any atom is 0.275 e. The fourth-order valence-electron chi connectivity index (χ4n) is 2.91. The van der Waals surface area contributed by atoms with Crippen LogP contribution in [0.5, 0.6) is 0 Å². The number of nitrogens with zero attached hydrogens (tertiary/aromatic N) is 1. The molecular formula is C17H20BrClN3O3S2+. The molecule has 146 valence electrons. The van der Waals surface area contributed by atoms with Gasteiger partial charge in [-0.1, -0.05) is 29.8 Å². The average Bonchev–Trinajstić information content (AvgIpc) is 3.09. The number of hydrogen-bond donors (Lipinski definition) is 2. The van der Waals surface area contributed by atoms with E-state index in [0.29, 0.717) is 48.5 Å². The third-order valence-electron chi connectivity index (χ3n) is 4.42. The topological polar surface area (TPSA) is 70.9 Å². The van der Waals surface area contributed by atoms with Crippen molar-refractivity contribution in [3.63, 3.8) is 0 Å². The number of sulfonamides is 1. The summed E-state index contributed by atoms with van der Waals surface area (Å²) in [5, 5.41) is 3.51. The van der Waals surface area contributed by atoms with E-state index < -0.39 is 10.0 Å². The fraction of sp³-hybridized carbons (Fsp3) is 0.353. The number of hydrogen-bond acceptors (Lipinski definition) is 4. The number of benzene rings is 1. The normalized spacial score (nSPS) is 16.4. The SMILES string of the molecule is O=C(C[NH+]1CCN(S(=O)(=O)c2ccc(Br)s2)CC1)NCc1ccccc1Cl. The predicted octanol–water partition coefficient (Wildman–Crippen LogP) is 1.37. The van der Waals surface area contributed by atoms with Gasteiger partial charge in [-0.15, -0.1) is 11.3 Å². The molecule has 1 aliphatic rings. The van der Waals surface area contributed by atoms with Gasteiger partial charge in [0.15, 0.2) is 6.54 Å². The Morgan fingerprint density at radius 3 is 2.56 bits per heavy atom. The quantitative estimate of drug-likeness (QED) is 0.639. The van der Waals surface area contributed by atoms with Crippen LogP contribution >= 0.6 is 38.9 Å². The van der Waals surface area contributed by atoms with Crippen molar-refractivity contribution in [3.05, 3.63) is 50.8 Å². The van der Waals surface area contributed by atoms with Crippen molar-refractivity contribution in [2.45, 2.75) is 10.8 Å². The van der Waals surface area contributed by atoms with E-state index in [2.05, 4.69) is 21.2 Å². The standard InChI is InChI=1S/C17H19BrClN3O3S2/c18-15-5-6-17(26-15)27(24,25)22-9-7-21(8-10-22)12-16(23)20-11-13-3-1-2-4-14(13)19/h1-6H,7-12H2,(H,20,23)/p+1. The van der Waals surface area contributed by atoms with E-state index in [4.69, 9.17) is 11.6 Å². The molecule has 3 rings (SSSR count). The summed E-state index contributed by atoms with van der Waals surface area (Å²) in [5.41, 5.74) is 0.875. The van der Waals surface area contributed by atoms with Crippen molar-refractivity contribution in [2.75, 3.05) is 32.7 Å². The van der Waals surface area contributed by atoms with Gasteiger partial charge >= 0.3 is 0 Å². The highest BCUT2D eigenvalue weighted by molar-refractivity contribution is 9.11. The molecule has 27 heavy (non-hydrogen) atoms. The molecule has 2 N–H and O–H groups in total. The fourth-order valence-corrected chi connectivity index (χ4v) is 6.72. The third-order valence-corrected chi connectivity index (χ3v) is 8.78. The molecule has 2 aromatic rings. The molecule has 1 amide bonds. The van der Waals surface area contributed by atoms with E-state index in [-0.39, 0.29) is 5.91 Å². The molecule has 0 spiro atoms. The molecule has 0 aliphatic carbocycles. The van der Waals surface area contributed by atoms with Crippen LogP contribution in [-0.4, -0.2) is 51.4 Å². The minimum absolute atomic E-state index is 0.0663. The van der Waals surface area contributed by atoms with Crippen molar-refractivity contribution in [1.82, 2.24) is 9.62 Å². The van der Waals surface area contributed by atoms with Gasteiger partial charge in [0, 0.05) is 11.6 Å². The van der Waals surface area contributed by atoms with E-state index in [9.17, 15) is 13.2 Å². The molecule has 1 aliphatic heterocycles. The minimum Gasteiger partial charge on any atom is -0.347 e. The summed E-state index contributed by atoms with van der Waals surface area (Å²) in [6.45, 7) is 2.73. The van der Waals surface area contributed by atoms with Gasteiger partial charge in [0.05, 0.1) is 30.0 Å². The van der Waals surface area contributed by atoms with Crippen molar-refractivity contribution >= 4 is 54.8 Å². The van der Waals surface area contributed by atoms with E-state index in [1.165, 1.54) is 15.6 Å². The summed E-state index contributed by atoms with van der Waals surface area (Å²) >= 11 is 10.6. The van der Waals surface area contributed by atoms with Crippen LogP contribution in [0.15, 0.2) is 44.4 Å². The monoisotopic (exact) mass is 492 g/mol. The Balaban J connectivity index is 1.48. The van der Waals surface area contributed by atoms with Crippen LogP contribution in [0, 0.1) is 0 Å². The van der Waals surface area contributed by atoms with Crippen molar-refractivity contribution < 1.29 is 18.1 Å². The molecule has 2 heterocycles. The molecule has 1 aromatic carbocycles. The lowest BCUT2D eigenvalue weighted by atomic mass is 10.2. The van der Waals surface area contributed by atoms with Crippen LogP contribution in [0.3, 0.4) is 0 Å². The first-order valence-corrected chi connectivity index (χ1v) is 11.9. The first kappa shape index (κ1) is 20.8. The summed E-state index contributed by atoms with van der Waals surface area (Å²) < 4.78 is 27.9. The zero-order chi connectivity index (χ0) is 19.4. The van der Waals surface area contributed by atoms with Crippen LogP contribution in [-0.2, 0) is 21.4 Å². The highest BCUT2D eigenvalue weighted by atomic mass is 79.9. The Morgan fingerprint density at radius 2 is 1.93 bits per heavy atom. The van der Waals surface area contributed by atoms with Gasteiger partial charge in [0.2, 0.25) is 0 Å². The molecule has 6 nitrogen and oxygen atoms in total. The van der Waals surface area contributed by atoms with Crippen molar-refractivity contribution in [3.8, 4) is 0 Å². The Kier molecular flexibility index (Phi) is 6.93. The Hall–Kier alpha value is -0.970. The van der Waals surface area contributed by atoms with Gasteiger partial charge in [0.1, 0.15) is 4.21 Å². The number of quaternary nitrogens is 1. The maximum atomic E-state index is 12.6. The van der Waals surface area contributed by atoms with Gasteiger partial charge in [-0.3, -0.25) is 4.79 Å². The van der Waals surface area contributed by atoms with Gasteiger partial charge in [-0.05, 0) is 39.7 Å². The van der Waals surface area contributed by atoms with Crippen LogP contribution in [0.25, 0.3) is 0 Å². The van der Waals surface area contributed by atoms with E-state index in [1.807, 2.05) is 18.2 Å². The number of piperazine rings is 1. The molecule has 1 fully saturated rings. The molecule has 0 saturated carbocycles. The van der Waals surface area contributed by atoms with Crippen LogP contribution in [0.4, 0.5) is 0 Å². The molecule has 1 saturated heterocycles. The average molecular weight is 494 g/mol. The lowest BCUT2D eigenvalue weighted by Crippen LogP contribution is -3.15. The summed E-state index contributed by atoms with van der Waals surface area (Å²) in [6.07, 6.45) is 0. The number of nitrogens with one attached hydrogen (secondary N) is 2. The summed E-state index contributed by atoms with van der Waals surface area (Å²) in [7, 11) is -3.45. The lowest BCUT2D eigenvalue weighted by Gasteiger charge is -2.30. The Labute approximate surface area is 176 Å². The number of amides is 1. The molecule has 0 unspecified atom stereocenters. The highest BCUT2D eigenvalue weighted by Gasteiger charge is 2.32. The molecule has 10 heteroatoms. The Bertz CT molecular complexity index is 912. The zero-order valence-corrected chi connectivity index (χ0v) is 18.4. The maximum absolute atomic E-state index is 12.6. The van der Waals surface area contributed by atoms with Crippen molar-refractivity contribution in [2.24, 2.45) is 0 Å². The lowest BCUT2D eigenvalue weighted by molar-refractivity contribution is -0.895. The minimum atomic E-state index is -3.45. The first-order chi connectivity index (χ1) is 12.9. The largest absolute Gasteiger partial charge is 0.347 e. The highest BCUT2D eigenvalue weighted by Crippen LogP contribution is 2.28. The second-order valence-corrected chi connectivity index (χ2v) is 11.3. The smallest absolute Gasteiger partial charge is 0.275 e. The summed E-state index contributed by atoms with van der Waals surface area (Å²) in [4.78, 5) is 13.3. The van der Waals surface area contributed by atoms with Gasteiger partial charge < -0.3 is 10.2 Å². The third kappa shape index (κ3) is 5.30. The Morgan fingerprint density at radius 1 is 1.22 bits per heavy atom. The van der Waals surface area contributed by atoms with E-state index >= 15 is 0 Å². The molecule has 0 bridgehead atoms. The second-order valence-electron chi connectivity index (χ2n) is 6.26. The number of halogens is 2. The number of carbonyl (C=O) groups excluding carboxylic acids is 1. The van der Waals surface area contributed by atoms with Crippen LogP contribution < -0.4 is 10.2 Å². The number of carbonyl (C=O) groups is 1. The molecular weight excluding hydrogens is 474 g/mol. The second kappa shape index (κ2) is 9.02. The molecule has 0 radical (unpaired) electrons. The van der Waals surface area contributed by atoms with E-state index in [1.54, 1.807) is 18.2 Å². The summed E-state index contributed by atoms with van der Waals surface area (Å²) in [6, 6.07) is 10.8. The molecule has 1 aromatic heterocycles. The van der Waals surface area contributed by atoms with Gasteiger partial charge in [0.25, 0.3) is 15.9 Å². The van der Waals surface area contributed by atoms with E-state index in [0.717, 1.165) is 14.2 Å². The summed E-state index contributed by atoms with van der Waals surface area (Å²) in [5.74, 6) is -0.0663. The molecule has 0 atom stereocenters. The van der Waals surface area contributed by atoms with Crippen LogP contribution in [0.1, 0.15) is 5.56 Å². The van der Waals surface area contributed by atoms with Crippen LogP contribution in [0.2, 0.25) is 5.02 Å².